The summed E-state index contributed by atoms with van der Waals surface area (Å²) in [4.78, 5) is 22.0. The van der Waals surface area contributed by atoms with E-state index in [9.17, 15) is 9.90 Å². The molecule has 5 aliphatic carbocycles. The van der Waals surface area contributed by atoms with Gasteiger partial charge in [0.15, 0.2) is 0 Å². The molecule has 0 spiro atoms. The first kappa shape index (κ1) is 30.6. The largest absolute Gasteiger partial charge is 0.392 e. The molecule has 5 fully saturated rings. The Morgan fingerprint density at radius 1 is 1.02 bits per heavy atom. The Hall–Kier alpha value is -2.44. The van der Waals surface area contributed by atoms with Crippen molar-refractivity contribution in [3.05, 3.63) is 55.0 Å². The van der Waals surface area contributed by atoms with Gasteiger partial charge in [-0.05, 0) is 117 Å². The number of H-pyrrole nitrogens is 1. The van der Waals surface area contributed by atoms with E-state index < -0.39 is 0 Å². The second-order valence-corrected chi connectivity index (χ2v) is 15.1. The van der Waals surface area contributed by atoms with Crippen LogP contribution in [0.1, 0.15) is 97.2 Å². The fourth-order valence-electron chi connectivity index (χ4n) is 11.5. The zero-order chi connectivity index (χ0) is 30.4. The molecule has 234 valence electrons. The number of hydrogen-bond acceptors (Lipinski definition) is 4. The molecule has 1 heterocycles. The van der Waals surface area contributed by atoms with Crippen molar-refractivity contribution in [2.75, 3.05) is 0 Å². The van der Waals surface area contributed by atoms with Crippen LogP contribution >= 0.6 is 0 Å². The highest BCUT2D eigenvalue weighted by molar-refractivity contribution is 5.83. The molecule has 0 bridgehead atoms. The number of aromatic nitrogens is 2. The van der Waals surface area contributed by atoms with Gasteiger partial charge in [-0.15, -0.1) is 6.58 Å². The van der Waals surface area contributed by atoms with Gasteiger partial charge in [-0.2, -0.15) is 0 Å². The van der Waals surface area contributed by atoms with Gasteiger partial charge in [0.1, 0.15) is 5.82 Å². The number of carbonyl (C=O) groups is 1. The highest BCUT2D eigenvalue weighted by atomic mass is 16.3. The SMILES string of the molecule is C=CC.CC12CCC(O)C(N)C1CCC1(C)C3CCC4(C(=O)NCc5ncc(-c6ccccc6)[nH]5)CCCC4C3CCC21. The van der Waals surface area contributed by atoms with Gasteiger partial charge in [-0.1, -0.05) is 56.7 Å². The van der Waals surface area contributed by atoms with Gasteiger partial charge in [0.2, 0.25) is 5.91 Å². The van der Waals surface area contributed by atoms with Crippen molar-refractivity contribution in [3.63, 3.8) is 0 Å². The van der Waals surface area contributed by atoms with E-state index in [4.69, 9.17) is 5.73 Å². The molecule has 5 N–H and O–H groups in total. The van der Waals surface area contributed by atoms with Crippen molar-refractivity contribution in [1.82, 2.24) is 15.3 Å². The van der Waals surface area contributed by atoms with Crippen molar-refractivity contribution in [2.24, 2.45) is 51.6 Å². The summed E-state index contributed by atoms with van der Waals surface area (Å²) < 4.78 is 0. The molecule has 5 aliphatic rings. The molecule has 0 saturated heterocycles. The molecular formula is C37H54N4O2. The molecule has 1 aromatic carbocycles. The predicted molar refractivity (Wildman–Crippen MR) is 173 cm³/mol. The monoisotopic (exact) mass is 586 g/mol. The topological polar surface area (TPSA) is 104 Å². The Kier molecular flexibility index (Phi) is 8.40. The van der Waals surface area contributed by atoms with Gasteiger partial charge in [0, 0.05) is 6.04 Å². The first-order chi connectivity index (χ1) is 20.7. The quantitative estimate of drug-likeness (QED) is 0.289. The minimum Gasteiger partial charge on any atom is -0.392 e. The van der Waals surface area contributed by atoms with Crippen LogP contribution in [-0.4, -0.2) is 33.1 Å². The molecule has 2 aromatic rings. The third-order valence-corrected chi connectivity index (χ3v) is 13.3. The van der Waals surface area contributed by atoms with Crippen molar-refractivity contribution in [3.8, 4) is 11.3 Å². The summed E-state index contributed by atoms with van der Waals surface area (Å²) in [5.41, 5.74) is 9.08. The lowest BCUT2D eigenvalue weighted by molar-refractivity contribution is -0.188. The Morgan fingerprint density at radius 3 is 2.49 bits per heavy atom. The first-order valence-electron chi connectivity index (χ1n) is 17.1. The Morgan fingerprint density at radius 2 is 1.72 bits per heavy atom. The van der Waals surface area contributed by atoms with Crippen molar-refractivity contribution >= 4 is 5.91 Å². The van der Waals surface area contributed by atoms with Gasteiger partial charge in [0.25, 0.3) is 0 Å². The molecule has 0 radical (unpaired) electrons. The van der Waals surface area contributed by atoms with E-state index in [0.29, 0.717) is 41.5 Å². The molecule has 5 saturated carbocycles. The maximum Gasteiger partial charge on any atom is 0.226 e. The lowest BCUT2D eigenvalue weighted by Crippen LogP contribution is -2.64. The van der Waals surface area contributed by atoms with E-state index in [1.54, 1.807) is 6.08 Å². The molecule has 6 nitrogen and oxygen atoms in total. The number of nitrogens with two attached hydrogens (primary N) is 1. The number of amides is 1. The molecule has 0 aliphatic heterocycles. The van der Waals surface area contributed by atoms with Crippen molar-refractivity contribution in [1.29, 1.82) is 0 Å². The van der Waals surface area contributed by atoms with E-state index >= 15 is 0 Å². The number of fused-ring (bicyclic) bond motifs is 7. The summed E-state index contributed by atoms with van der Waals surface area (Å²) in [5.74, 6) is 4.06. The average molecular weight is 587 g/mol. The third-order valence-electron chi connectivity index (χ3n) is 13.3. The fraction of sp³-hybridized carbons (Fsp3) is 0.676. The number of carbonyl (C=O) groups excluding carboxylic acids is 1. The van der Waals surface area contributed by atoms with Crippen LogP contribution < -0.4 is 11.1 Å². The Balaban J connectivity index is 0.00000105. The number of aliphatic hydroxyl groups excluding tert-OH is 1. The third kappa shape index (κ3) is 5.01. The maximum absolute atomic E-state index is 14.0. The number of rotatable bonds is 4. The predicted octanol–water partition coefficient (Wildman–Crippen LogP) is 7.01. The molecule has 1 aromatic heterocycles. The molecule has 10 atom stereocenters. The minimum atomic E-state index is -0.336. The Bertz CT molecular complexity index is 1290. The molecule has 43 heavy (non-hydrogen) atoms. The smallest absolute Gasteiger partial charge is 0.226 e. The molecule has 1 amide bonds. The molecule has 10 unspecified atom stereocenters. The van der Waals surface area contributed by atoms with Crippen molar-refractivity contribution < 1.29 is 9.90 Å². The standard InChI is InChI=1S/C34H48N4O2.C3H6/c1-32-16-12-25-30(35)27(39)14-17-33(25,2)28(32)11-10-22-23(32)13-18-34(15-6-9-24(22)34)31(40)37-20-29-36-19-26(38-29)21-7-4-3-5-8-21;1-3-2/h3-5,7-8,19,22-25,27-28,30,39H,6,9-18,20,35H2,1-2H3,(H,36,38)(H,37,40);3H,1H2,2H3. The van der Waals surface area contributed by atoms with Crippen LogP contribution in [0.15, 0.2) is 49.2 Å². The molecule has 7 rings (SSSR count). The molecule has 6 heteroatoms. The van der Waals surface area contributed by atoms with Gasteiger partial charge < -0.3 is 21.1 Å². The van der Waals surface area contributed by atoms with E-state index in [2.05, 4.69) is 47.8 Å². The summed E-state index contributed by atoms with van der Waals surface area (Å²) in [6, 6.07) is 10.1. The number of nitrogens with zero attached hydrogens (tertiary/aromatic N) is 1. The van der Waals surface area contributed by atoms with Crippen LogP contribution in [-0.2, 0) is 11.3 Å². The number of allylic oxidation sites excluding steroid dienone is 1. The summed E-state index contributed by atoms with van der Waals surface area (Å²) in [6.45, 7) is 10.8. The van der Waals surface area contributed by atoms with Gasteiger partial charge in [-0.25, -0.2) is 4.98 Å². The Labute approximate surface area is 258 Å². The van der Waals surface area contributed by atoms with E-state index in [1.807, 2.05) is 31.3 Å². The summed E-state index contributed by atoms with van der Waals surface area (Å²) in [5, 5.41) is 13.9. The number of nitrogens with one attached hydrogen (secondary N) is 2. The first-order valence-corrected chi connectivity index (χ1v) is 17.1. The van der Waals surface area contributed by atoms with Gasteiger partial charge in [0.05, 0.1) is 30.0 Å². The number of imidazole rings is 1. The maximum atomic E-state index is 14.0. The molecular weight excluding hydrogens is 532 g/mol. The highest BCUT2D eigenvalue weighted by Gasteiger charge is 2.65. The van der Waals surface area contributed by atoms with E-state index in [0.717, 1.165) is 49.2 Å². The summed E-state index contributed by atoms with van der Waals surface area (Å²) >= 11 is 0. The highest BCUT2D eigenvalue weighted by Crippen LogP contribution is 2.71. The number of hydrogen-bond donors (Lipinski definition) is 4. The zero-order valence-corrected chi connectivity index (χ0v) is 26.7. The van der Waals surface area contributed by atoms with E-state index in [-0.39, 0.29) is 28.9 Å². The fourth-order valence-corrected chi connectivity index (χ4v) is 11.5. The number of benzene rings is 1. The lowest BCUT2D eigenvalue weighted by atomic mass is 9.38. The number of aromatic amines is 1. The van der Waals surface area contributed by atoms with Crippen LogP contribution in [0.5, 0.6) is 0 Å². The summed E-state index contributed by atoms with van der Waals surface area (Å²) in [6.07, 6.45) is 15.7. The normalized spacial score (nSPS) is 41.4. The average Bonchev–Trinajstić information content (AvgIpc) is 3.67. The van der Waals surface area contributed by atoms with Crippen molar-refractivity contribution in [2.45, 2.75) is 110 Å². The minimum absolute atomic E-state index is 0.0727. The van der Waals surface area contributed by atoms with E-state index in [1.165, 1.54) is 38.5 Å². The second-order valence-electron chi connectivity index (χ2n) is 15.1. The van der Waals surface area contributed by atoms with Gasteiger partial charge >= 0.3 is 0 Å². The van der Waals surface area contributed by atoms with Crippen LogP contribution in [0, 0.1) is 45.8 Å². The number of aliphatic hydroxyl groups is 1. The van der Waals surface area contributed by atoms with Crippen LogP contribution in [0.2, 0.25) is 0 Å². The summed E-state index contributed by atoms with van der Waals surface area (Å²) in [7, 11) is 0. The van der Waals surface area contributed by atoms with Crippen LogP contribution in [0.25, 0.3) is 11.3 Å². The van der Waals surface area contributed by atoms with Crippen LogP contribution in [0.4, 0.5) is 0 Å². The lowest BCUT2D eigenvalue weighted by Gasteiger charge is -2.67. The van der Waals surface area contributed by atoms with Crippen LogP contribution in [0.3, 0.4) is 0 Å². The zero-order valence-electron chi connectivity index (χ0n) is 26.7. The second kappa shape index (κ2) is 11.8. The van der Waals surface area contributed by atoms with Gasteiger partial charge in [-0.3, -0.25) is 4.79 Å².